The van der Waals surface area contributed by atoms with Gasteiger partial charge in [-0.25, -0.2) is 0 Å². The molecule has 0 aromatic heterocycles. The number of phenolic OH excluding ortho intramolecular Hbond substituents is 1. The second kappa shape index (κ2) is 8.79. The smallest absolute Gasteiger partial charge is 0.318 e. The van der Waals surface area contributed by atoms with E-state index in [0.717, 1.165) is 32.7 Å². The lowest BCUT2D eigenvalue weighted by Gasteiger charge is -2.19. The van der Waals surface area contributed by atoms with Crippen molar-refractivity contribution in [1.29, 1.82) is 0 Å². The van der Waals surface area contributed by atoms with Crippen molar-refractivity contribution in [2.24, 2.45) is 0 Å². The van der Waals surface area contributed by atoms with Crippen LogP contribution in [0.25, 0.3) is 32.7 Å². The number of ether oxygens (including phenoxy) is 1. The van der Waals surface area contributed by atoms with Gasteiger partial charge in [-0.1, -0.05) is 97.9 Å². The molecule has 5 aromatic rings. The van der Waals surface area contributed by atoms with E-state index < -0.39 is 0 Å². The third-order valence-electron chi connectivity index (χ3n) is 6.15. The number of hydrogen-bond donors (Lipinski definition) is 1. The number of fused-ring (bicyclic) bond motifs is 2. The number of rotatable bonds is 5. The molecule has 0 bridgehead atoms. The maximum absolute atomic E-state index is 13.3. The highest BCUT2D eigenvalue weighted by atomic mass is 16.5. The van der Waals surface area contributed by atoms with Crippen molar-refractivity contribution >= 4 is 27.5 Å². The Hall–Kier alpha value is -4.11. The Morgan fingerprint density at radius 3 is 1.97 bits per heavy atom. The van der Waals surface area contributed by atoms with Crippen molar-refractivity contribution < 1.29 is 14.6 Å². The normalized spacial score (nSPS) is 12.0. The van der Waals surface area contributed by atoms with Crippen molar-refractivity contribution in [2.45, 2.75) is 19.3 Å². The summed E-state index contributed by atoms with van der Waals surface area (Å²) in [4.78, 5) is 13.3. The van der Waals surface area contributed by atoms with Gasteiger partial charge < -0.3 is 9.84 Å². The molecule has 0 unspecified atom stereocenters. The van der Waals surface area contributed by atoms with Gasteiger partial charge in [0.05, 0.1) is 5.92 Å². The van der Waals surface area contributed by atoms with E-state index in [1.165, 1.54) is 0 Å². The summed E-state index contributed by atoms with van der Waals surface area (Å²) >= 11 is 0. The number of carbonyl (C=O) groups is 1. The third kappa shape index (κ3) is 3.83. The Bertz CT molecular complexity index is 1450. The number of benzene rings is 5. The topological polar surface area (TPSA) is 46.5 Å². The molecule has 5 rings (SSSR count). The van der Waals surface area contributed by atoms with E-state index in [1.807, 2.05) is 104 Å². The van der Waals surface area contributed by atoms with Crippen LogP contribution in [0.3, 0.4) is 0 Å². The molecule has 0 amide bonds. The highest BCUT2D eigenvalue weighted by Crippen LogP contribution is 2.45. The molecular weight excluding hydrogens is 408 g/mol. The van der Waals surface area contributed by atoms with Crippen LogP contribution in [-0.2, 0) is 4.79 Å². The molecule has 0 heterocycles. The van der Waals surface area contributed by atoms with Gasteiger partial charge in [0.15, 0.2) is 0 Å². The van der Waals surface area contributed by atoms with Gasteiger partial charge in [0, 0.05) is 11.1 Å². The Morgan fingerprint density at radius 2 is 1.30 bits per heavy atom. The molecule has 0 radical (unpaired) electrons. The Kier molecular flexibility index (Phi) is 5.54. The molecular formula is C30H24O3. The summed E-state index contributed by atoms with van der Waals surface area (Å²) in [5.41, 5.74) is 2.32. The van der Waals surface area contributed by atoms with E-state index >= 15 is 0 Å². The van der Waals surface area contributed by atoms with Gasteiger partial charge in [0.2, 0.25) is 0 Å². The van der Waals surface area contributed by atoms with Crippen LogP contribution >= 0.6 is 0 Å². The number of carbonyl (C=O) groups excluding carboxylic acids is 1. The first-order valence-corrected chi connectivity index (χ1v) is 11.2. The minimum Gasteiger partial charge on any atom is -0.507 e. The highest BCUT2D eigenvalue weighted by Gasteiger charge is 2.24. The predicted molar refractivity (Wildman–Crippen MR) is 134 cm³/mol. The lowest BCUT2D eigenvalue weighted by molar-refractivity contribution is -0.136. The van der Waals surface area contributed by atoms with Crippen molar-refractivity contribution in [1.82, 2.24) is 0 Å². The lowest BCUT2D eigenvalue weighted by atomic mass is 9.92. The fourth-order valence-corrected chi connectivity index (χ4v) is 4.52. The highest BCUT2D eigenvalue weighted by molar-refractivity contribution is 6.10. The molecule has 0 saturated carbocycles. The Balaban J connectivity index is 1.70. The summed E-state index contributed by atoms with van der Waals surface area (Å²) in [5, 5.41) is 14.8. The average molecular weight is 433 g/mol. The second-order valence-electron chi connectivity index (χ2n) is 8.13. The van der Waals surface area contributed by atoms with Gasteiger partial charge in [-0.15, -0.1) is 0 Å². The predicted octanol–water partition coefficient (Wildman–Crippen LogP) is 7.46. The first-order chi connectivity index (χ1) is 16.2. The van der Waals surface area contributed by atoms with E-state index in [4.69, 9.17) is 4.74 Å². The van der Waals surface area contributed by atoms with Crippen LogP contribution in [0.4, 0.5) is 0 Å². The summed E-state index contributed by atoms with van der Waals surface area (Å²) in [6, 6.07) is 32.9. The van der Waals surface area contributed by atoms with Crippen LogP contribution < -0.4 is 4.74 Å². The van der Waals surface area contributed by atoms with E-state index in [9.17, 15) is 9.90 Å². The summed E-state index contributed by atoms with van der Waals surface area (Å²) in [7, 11) is 0. The van der Waals surface area contributed by atoms with Crippen molar-refractivity contribution in [3.63, 3.8) is 0 Å². The molecule has 3 heteroatoms. The molecule has 0 aliphatic rings. The zero-order chi connectivity index (χ0) is 22.8. The van der Waals surface area contributed by atoms with E-state index in [-0.39, 0.29) is 17.6 Å². The molecule has 0 saturated heterocycles. The van der Waals surface area contributed by atoms with Crippen molar-refractivity contribution in [3.05, 3.63) is 109 Å². The Morgan fingerprint density at radius 1 is 0.727 bits per heavy atom. The van der Waals surface area contributed by atoms with E-state index in [1.54, 1.807) is 6.07 Å². The molecule has 0 spiro atoms. The minimum absolute atomic E-state index is 0.150. The molecule has 1 N–H and O–H groups in total. The molecule has 0 aliphatic carbocycles. The first kappa shape index (κ1) is 20.8. The van der Waals surface area contributed by atoms with Crippen LogP contribution in [0, 0.1) is 0 Å². The van der Waals surface area contributed by atoms with Crippen LogP contribution in [-0.4, -0.2) is 11.1 Å². The van der Waals surface area contributed by atoms with Gasteiger partial charge >= 0.3 is 5.97 Å². The maximum Gasteiger partial charge on any atom is 0.318 e. The first-order valence-electron chi connectivity index (χ1n) is 11.2. The van der Waals surface area contributed by atoms with Crippen molar-refractivity contribution in [3.8, 4) is 22.6 Å². The van der Waals surface area contributed by atoms with E-state index in [2.05, 4.69) is 0 Å². The summed E-state index contributed by atoms with van der Waals surface area (Å²) in [5.74, 6) is -0.0798. The second-order valence-corrected chi connectivity index (χ2v) is 8.13. The number of aromatic hydroxyl groups is 1. The molecule has 162 valence electrons. The number of esters is 1. The van der Waals surface area contributed by atoms with E-state index in [0.29, 0.717) is 17.7 Å². The molecule has 0 fully saturated rings. The van der Waals surface area contributed by atoms with Gasteiger partial charge in [0.1, 0.15) is 11.5 Å². The number of phenols is 1. The molecule has 0 aliphatic heterocycles. The third-order valence-corrected chi connectivity index (χ3v) is 6.15. The minimum atomic E-state index is -0.369. The summed E-state index contributed by atoms with van der Waals surface area (Å²) < 4.78 is 6.07. The molecule has 33 heavy (non-hydrogen) atoms. The van der Waals surface area contributed by atoms with Crippen molar-refractivity contribution in [2.75, 3.05) is 0 Å². The fraction of sp³-hybridized carbons (Fsp3) is 0.100. The fourth-order valence-electron chi connectivity index (χ4n) is 4.52. The summed E-state index contributed by atoms with van der Waals surface area (Å²) in [6.45, 7) is 1.98. The maximum atomic E-state index is 13.3. The number of hydrogen-bond acceptors (Lipinski definition) is 3. The molecule has 5 aromatic carbocycles. The van der Waals surface area contributed by atoms with Crippen LogP contribution in [0.1, 0.15) is 24.8 Å². The zero-order valence-electron chi connectivity index (χ0n) is 18.4. The summed E-state index contributed by atoms with van der Waals surface area (Å²) in [6.07, 6.45) is 0.630. The van der Waals surface area contributed by atoms with Gasteiger partial charge in [-0.3, -0.25) is 4.79 Å². The lowest BCUT2D eigenvalue weighted by Crippen LogP contribution is -2.18. The Labute approximate surface area is 192 Å². The standard InChI is InChI=1S/C30H24O3/c1-2-23(20-10-4-3-5-11-20)30(32)33-27-19-17-22-13-7-9-15-25(22)29(27)28-24-14-8-6-12-21(24)16-18-26(28)31/h3-19,23,31H,2H2,1H3/t23-/m0/s1. The average Bonchev–Trinajstić information content (AvgIpc) is 2.85. The molecule has 1 atom stereocenters. The van der Waals surface area contributed by atoms with Crippen LogP contribution in [0.2, 0.25) is 0 Å². The van der Waals surface area contributed by atoms with Crippen LogP contribution in [0.5, 0.6) is 11.5 Å². The zero-order valence-corrected chi connectivity index (χ0v) is 18.4. The quantitative estimate of drug-likeness (QED) is 0.231. The van der Waals surface area contributed by atoms with Crippen LogP contribution in [0.15, 0.2) is 103 Å². The van der Waals surface area contributed by atoms with Gasteiger partial charge in [0.25, 0.3) is 0 Å². The monoisotopic (exact) mass is 432 g/mol. The van der Waals surface area contributed by atoms with Gasteiger partial charge in [-0.05, 0) is 45.7 Å². The molecule has 3 nitrogen and oxygen atoms in total. The van der Waals surface area contributed by atoms with Gasteiger partial charge in [-0.2, -0.15) is 0 Å². The SMILES string of the molecule is CC[C@H](C(=O)Oc1ccc2ccccc2c1-c1c(O)ccc2ccccc12)c1ccccc1. The largest absolute Gasteiger partial charge is 0.507 e.